The highest BCUT2D eigenvalue weighted by atomic mass is 16.2. The normalized spacial score (nSPS) is 15.0. The Balaban J connectivity index is 1.80. The van der Waals surface area contributed by atoms with Gasteiger partial charge in [-0.25, -0.2) is 0 Å². The molecule has 2 rings (SSSR count). The van der Waals surface area contributed by atoms with Gasteiger partial charge in [-0.2, -0.15) is 0 Å². The average Bonchev–Trinajstić information content (AvgIpc) is 2.83. The minimum absolute atomic E-state index is 0.0721. The first-order chi connectivity index (χ1) is 12.4. The molecule has 2 amide bonds. The summed E-state index contributed by atoms with van der Waals surface area (Å²) in [6.45, 7) is 6.43. The van der Waals surface area contributed by atoms with Crippen molar-refractivity contribution >= 4 is 23.2 Å². The first kappa shape index (κ1) is 20.2. The van der Waals surface area contributed by atoms with Gasteiger partial charge in [-0.3, -0.25) is 14.5 Å². The summed E-state index contributed by atoms with van der Waals surface area (Å²) in [5.41, 5.74) is 2.00. The highest BCUT2D eigenvalue weighted by molar-refractivity contribution is 5.92. The third kappa shape index (κ3) is 7.04. The number of hydrogen-bond donors (Lipinski definition) is 2. The lowest BCUT2D eigenvalue weighted by Crippen LogP contribution is -2.41. The molecule has 0 bridgehead atoms. The standard InChI is InChI=1S/C20H32N4O2/c1-16(2)21-19(25)14-23(3)15-20(26)22-17-8-10-18(11-9-17)24-12-6-4-5-7-13-24/h8-11,16H,4-7,12-15H2,1-3H3,(H,21,25)(H,22,26). The van der Waals surface area contributed by atoms with E-state index in [1.807, 2.05) is 26.0 Å². The summed E-state index contributed by atoms with van der Waals surface area (Å²) in [7, 11) is 1.77. The van der Waals surface area contributed by atoms with Gasteiger partial charge >= 0.3 is 0 Å². The predicted octanol–water partition coefficient (Wildman–Crippen LogP) is 2.46. The summed E-state index contributed by atoms with van der Waals surface area (Å²) in [5.74, 6) is -0.190. The molecule has 0 spiro atoms. The number of hydrogen-bond acceptors (Lipinski definition) is 4. The Bertz CT molecular complexity index is 578. The summed E-state index contributed by atoms with van der Waals surface area (Å²) >= 11 is 0. The fourth-order valence-electron chi connectivity index (χ4n) is 3.20. The van der Waals surface area contributed by atoms with Gasteiger partial charge in [-0.15, -0.1) is 0 Å². The van der Waals surface area contributed by atoms with Crippen LogP contribution in [0.5, 0.6) is 0 Å². The third-order valence-corrected chi connectivity index (χ3v) is 4.40. The van der Waals surface area contributed by atoms with Crippen molar-refractivity contribution in [2.24, 2.45) is 0 Å². The third-order valence-electron chi connectivity index (χ3n) is 4.40. The fourth-order valence-corrected chi connectivity index (χ4v) is 3.20. The lowest BCUT2D eigenvalue weighted by molar-refractivity contribution is -0.123. The second-order valence-electron chi connectivity index (χ2n) is 7.39. The number of anilines is 2. The average molecular weight is 361 g/mol. The molecule has 0 saturated carbocycles. The topological polar surface area (TPSA) is 64.7 Å². The summed E-state index contributed by atoms with van der Waals surface area (Å²) in [6, 6.07) is 8.14. The minimum Gasteiger partial charge on any atom is -0.372 e. The summed E-state index contributed by atoms with van der Waals surface area (Å²) in [4.78, 5) is 28.0. The van der Waals surface area contributed by atoms with Crippen molar-refractivity contribution in [1.82, 2.24) is 10.2 Å². The largest absolute Gasteiger partial charge is 0.372 e. The van der Waals surface area contributed by atoms with Gasteiger partial charge in [-0.1, -0.05) is 12.8 Å². The zero-order valence-electron chi connectivity index (χ0n) is 16.3. The lowest BCUT2D eigenvalue weighted by atomic mass is 10.2. The predicted molar refractivity (Wildman–Crippen MR) is 107 cm³/mol. The molecule has 6 nitrogen and oxygen atoms in total. The second kappa shape index (κ2) is 10.2. The zero-order valence-corrected chi connectivity index (χ0v) is 16.3. The molecule has 1 saturated heterocycles. The highest BCUT2D eigenvalue weighted by Crippen LogP contribution is 2.21. The van der Waals surface area contributed by atoms with Crippen molar-refractivity contribution in [1.29, 1.82) is 0 Å². The molecule has 1 heterocycles. The molecule has 1 aliphatic rings. The molecule has 0 atom stereocenters. The van der Waals surface area contributed by atoms with Gasteiger partial charge in [-0.05, 0) is 58.0 Å². The van der Waals surface area contributed by atoms with Crippen LogP contribution >= 0.6 is 0 Å². The van der Waals surface area contributed by atoms with E-state index in [0.717, 1.165) is 18.8 Å². The van der Waals surface area contributed by atoms with Crippen LogP contribution in [0.2, 0.25) is 0 Å². The number of carbonyl (C=O) groups excluding carboxylic acids is 2. The van der Waals surface area contributed by atoms with Crippen LogP contribution in [0, 0.1) is 0 Å². The SMILES string of the molecule is CC(C)NC(=O)CN(C)CC(=O)Nc1ccc(N2CCCCCC2)cc1. The van der Waals surface area contributed by atoms with Gasteiger partial charge < -0.3 is 15.5 Å². The zero-order chi connectivity index (χ0) is 18.9. The van der Waals surface area contributed by atoms with Gasteiger partial charge in [0, 0.05) is 30.5 Å². The Morgan fingerprint density at radius 2 is 1.58 bits per heavy atom. The minimum atomic E-state index is -0.118. The van der Waals surface area contributed by atoms with E-state index in [-0.39, 0.29) is 30.9 Å². The molecule has 1 aromatic rings. The van der Waals surface area contributed by atoms with Crippen molar-refractivity contribution in [3.05, 3.63) is 24.3 Å². The van der Waals surface area contributed by atoms with Crippen molar-refractivity contribution in [2.75, 3.05) is 43.4 Å². The van der Waals surface area contributed by atoms with Crippen molar-refractivity contribution in [3.8, 4) is 0 Å². The first-order valence-corrected chi connectivity index (χ1v) is 9.57. The molecule has 2 N–H and O–H groups in total. The van der Waals surface area contributed by atoms with E-state index >= 15 is 0 Å². The number of carbonyl (C=O) groups is 2. The Morgan fingerprint density at radius 1 is 1.00 bits per heavy atom. The summed E-state index contributed by atoms with van der Waals surface area (Å²) in [5, 5.41) is 5.72. The maximum absolute atomic E-state index is 12.2. The van der Waals surface area contributed by atoms with Crippen LogP contribution in [0.3, 0.4) is 0 Å². The van der Waals surface area contributed by atoms with Crippen LogP contribution in [0.25, 0.3) is 0 Å². The molecular formula is C20H32N4O2. The Labute approximate surface area is 156 Å². The maximum atomic E-state index is 12.2. The maximum Gasteiger partial charge on any atom is 0.238 e. The molecule has 0 aromatic heterocycles. The molecule has 0 unspecified atom stereocenters. The van der Waals surface area contributed by atoms with Gasteiger partial charge in [0.2, 0.25) is 11.8 Å². The number of rotatable bonds is 7. The number of nitrogens with zero attached hydrogens (tertiary/aromatic N) is 2. The molecule has 6 heteroatoms. The Hall–Kier alpha value is -2.08. The Morgan fingerprint density at radius 3 is 2.15 bits per heavy atom. The van der Waals surface area contributed by atoms with Crippen molar-refractivity contribution in [3.63, 3.8) is 0 Å². The quantitative estimate of drug-likeness (QED) is 0.784. The van der Waals surface area contributed by atoms with E-state index in [9.17, 15) is 9.59 Å². The Kier molecular flexibility index (Phi) is 7.91. The number of likely N-dealkylation sites (N-methyl/N-ethyl adjacent to an activating group) is 1. The highest BCUT2D eigenvalue weighted by Gasteiger charge is 2.13. The molecule has 1 aromatic carbocycles. The van der Waals surface area contributed by atoms with E-state index in [1.165, 1.54) is 31.4 Å². The van der Waals surface area contributed by atoms with Crippen LogP contribution in [-0.2, 0) is 9.59 Å². The molecular weight excluding hydrogens is 328 g/mol. The monoisotopic (exact) mass is 360 g/mol. The molecule has 0 aliphatic carbocycles. The lowest BCUT2D eigenvalue weighted by Gasteiger charge is -2.23. The number of nitrogens with one attached hydrogen (secondary N) is 2. The van der Waals surface area contributed by atoms with Gasteiger partial charge in [0.15, 0.2) is 0 Å². The molecule has 1 fully saturated rings. The first-order valence-electron chi connectivity index (χ1n) is 9.57. The molecule has 144 valence electrons. The second-order valence-corrected chi connectivity index (χ2v) is 7.39. The summed E-state index contributed by atoms with van der Waals surface area (Å²) < 4.78 is 0. The van der Waals surface area contributed by atoms with Gasteiger partial charge in [0.25, 0.3) is 0 Å². The summed E-state index contributed by atoms with van der Waals surface area (Å²) in [6.07, 6.45) is 5.12. The smallest absolute Gasteiger partial charge is 0.238 e. The van der Waals surface area contributed by atoms with E-state index in [2.05, 4.69) is 27.7 Å². The van der Waals surface area contributed by atoms with Gasteiger partial charge in [0.1, 0.15) is 0 Å². The molecule has 0 radical (unpaired) electrons. The van der Waals surface area contributed by atoms with E-state index in [1.54, 1.807) is 11.9 Å². The van der Waals surface area contributed by atoms with Gasteiger partial charge in [0.05, 0.1) is 13.1 Å². The van der Waals surface area contributed by atoms with Crippen molar-refractivity contribution < 1.29 is 9.59 Å². The van der Waals surface area contributed by atoms with Crippen LogP contribution in [0.1, 0.15) is 39.5 Å². The molecule has 1 aliphatic heterocycles. The van der Waals surface area contributed by atoms with E-state index in [4.69, 9.17) is 0 Å². The van der Waals surface area contributed by atoms with Crippen LogP contribution in [0.4, 0.5) is 11.4 Å². The molecule has 26 heavy (non-hydrogen) atoms. The van der Waals surface area contributed by atoms with Crippen LogP contribution in [-0.4, -0.2) is 56.0 Å². The van der Waals surface area contributed by atoms with Crippen molar-refractivity contribution in [2.45, 2.75) is 45.6 Å². The van der Waals surface area contributed by atoms with E-state index < -0.39 is 0 Å². The van der Waals surface area contributed by atoms with Crippen LogP contribution in [0.15, 0.2) is 24.3 Å². The number of amides is 2. The van der Waals surface area contributed by atoms with E-state index in [0.29, 0.717) is 0 Å². The van der Waals surface area contributed by atoms with Crippen LogP contribution < -0.4 is 15.5 Å². The number of benzene rings is 1. The fraction of sp³-hybridized carbons (Fsp3) is 0.600.